The average Bonchev–Trinajstić information content (AvgIpc) is 2.00. The fourth-order valence-electron chi connectivity index (χ4n) is 1.71. The molecule has 1 N–H and O–H groups in total. The molecule has 0 saturated carbocycles. The zero-order chi connectivity index (χ0) is 11.4. The van der Waals surface area contributed by atoms with E-state index in [1.54, 1.807) is 0 Å². The number of nitrogens with one attached hydrogen (secondary N) is 1. The van der Waals surface area contributed by atoms with Crippen molar-refractivity contribution in [2.45, 2.75) is 53.1 Å². The van der Waals surface area contributed by atoms with Gasteiger partial charge in [-0.2, -0.15) is 0 Å². The summed E-state index contributed by atoms with van der Waals surface area (Å²) in [6.45, 7) is 12.6. The van der Waals surface area contributed by atoms with E-state index in [-0.39, 0.29) is 0 Å². The van der Waals surface area contributed by atoms with Gasteiger partial charge in [0.15, 0.2) is 0 Å². The lowest BCUT2D eigenvalue weighted by Gasteiger charge is -2.32. The summed E-state index contributed by atoms with van der Waals surface area (Å²) in [5, 5.41) is 3.29. The lowest BCUT2D eigenvalue weighted by atomic mass is 9.95. The molecule has 0 bridgehead atoms. The molecule has 86 valence electrons. The van der Waals surface area contributed by atoms with Gasteiger partial charge in [-0.1, -0.05) is 20.8 Å². The number of nitrogens with zero attached hydrogens (tertiary/aromatic N) is 1. The van der Waals surface area contributed by atoms with E-state index in [9.17, 15) is 0 Å². The summed E-state index contributed by atoms with van der Waals surface area (Å²) < 4.78 is 0. The Labute approximate surface area is 90.1 Å². The van der Waals surface area contributed by atoms with Crippen LogP contribution in [0.3, 0.4) is 0 Å². The van der Waals surface area contributed by atoms with E-state index in [0.717, 1.165) is 6.54 Å². The minimum atomic E-state index is 0.395. The molecular formula is C12H28N2. The summed E-state index contributed by atoms with van der Waals surface area (Å²) in [5.41, 5.74) is 0.395. The van der Waals surface area contributed by atoms with Crippen molar-refractivity contribution in [3.05, 3.63) is 0 Å². The molecule has 0 aliphatic rings. The van der Waals surface area contributed by atoms with E-state index >= 15 is 0 Å². The monoisotopic (exact) mass is 200 g/mol. The molecule has 0 aliphatic heterocycles. The van der Waals surface area contributed by atoms with Crippen LogP contribution in [0.2, 0.25) is 0 Å². The van der Waals surface area contributed by atoms with Crippen molar-refractivity contribution in [2.24, 2.45) is 5.41 Å². The summed E-state index contributed by atoms with van der Waals surface area (Å²) in [4.78, 5) is 2.45. The molecule has 0 rings (SSSR count). The molecule has 0 amide bonds. The Balaban J connectivity index is 3.93. The number of rotatable bonds is 5. The average molecular weight is 200 g/mol. The van der Waals surface area contributed by atoms with Crippen molar-refractivity contribution in [3.8, 4) is 0 Å². The maximum absolute atomic E-state index is 3.29. The molecule has 2 nitrogen and oxygen atoms in total. The molecule has 0 fully saturated rings. The fraction of sp³-hybridized carbons (Fsp3) is 1.00. The van der Waals surface area contributed by atoms with Gasteiger partial charge in [-0.3, -0.25) is 0 Å². The van der Waals surface area contributed by atoms with Crippen molar-refractivity contribution < 1.29 is 0 Å². The fourth-order valence-corrected chi connectivity index (χ4v) is 1.71. The van der Waals surface area contributed by atoms with Gasteiger partial charge in [-0.25, -0.2) is 0 Å². The Hall–Kier alpha value is -0.0800. The molecule has 0 saturated heterocycles. The molecule has 0 aromatic carbocycles. The molecule has 0 aromatic heterocycles. The van der Waals surface area contributed by atoms with Gasteiger partial charge < -0.3 is 10.2 Å². The van der Waals surface area contributed by atoms with E-state index in [0.29, 0.717) is 17.5 Å². The Morgan fingerprint density at radius 1 is 1.21 bits per heavy atom. The summed E-state index contributed by atoms with van der Waals surface area (Å²) in [5.74, 6) is 0. The normalized spacial score (nSPS) is 17.1. The van der Waals surface area contributed by atoms with Crippen molar-refractivity contribution in [1.82, 2.24) is 10.2 Å². The second-order valence-electron chi connectivity index (χ2n) is 5.75. The van der Waals surface area contributed by atoms with Gasteiger partial charge in [0.05, 0.1) is 0 Å². The van der Waals surface area contributed by atoms with E-state index in [1.165, 1.54) is 6.42 Å². The first-order valence-electron chi connectivity index (χ1n) is 5.64. The first-order valence-corrected chi connectivity index (χ1v) is 5.64. The Morgan fingerprint density at radius 3 is 2.07 bits per heavy atom. The highest BCUT2D eigenvalue weighted by atomic mass is 15.1. The molecule has 2 heteroatoms. The topological polar surface area (TPSA) is 15.3 Å². The lowest BCUT2D eigenvalue weighted by Crippen LogP contribution is -2.39. The van der Waals surface area contributed by atoms with Gasteiger partial charge in [0.1, 0.15) is 0 Å². The third-order valence-corrected chi connectivity index (χ3v) is 2.66. The van der Waals surface area contributed by atoms with Crippen LogP contribution in [-0.2, 0) is 0 Å². The molecule has 0 spiro atoms. The van der Waals surface area contributed by atoms with Gasteiger partial charge in [-0.05, 0) is 39.8 Å². The quantitative estimate of drug-likeness (QED) is 0.733. The molecule has 2 unspecified atom stereocenters. The molecular weight excluding hydrogens is 172 g/mol. The van der Waals surface area contributed by atoms with Crippen LogP contribution < -0.4 is 5.32 Å². The lowest BCUT2D eigenvalue weighted by molar-refractivity contribution is 0.167. The predicted molar refractivity (Wildman–Crippen MR) is 64.7 cm³/mol. The van der Waals surface area contributed by atoms with Crippen LogP contribution in [-0.4, -0.2) is 37.6 Å². The van der Waals surface area contributed by atoms with Gasteiger partial charge in [0, 0.05) is 18.6 Å². The molecule has 0 radical (unpaired) electrons. The maximum Gasteiger partial charge on any atom is 0.00788 e. The standard InChI is InChI=1S/C12H28N2/c1-10(13-6)8-11(2)14(7)9-12(3,4)5/h10-11,13H,8-9H2,1-7H3. The minimum absolute atomic E-state index is 0.395. The highest BCUT2D eigenvalue weighted by molar-refractivity contribution is 4.74. The van der Waals surface area contributed by atoms with E-state index in [2.05, 4.69) is 51.9 Å². The van der Waals surface area contributed by atoms with Crippen LogP contribution in [0.1, 0.15) is 41.0 Å². The molecule has 2 atom stereocenters. The van der Waals surface area contributed by atoms with E-state index < -0.39 is 0 Å². The minimum Gasteiger partial charge on any atom is -0.317 e. The van der Waals surface area contributed by atoms with Crippen molar-refractivity contribution >= 4 is 0 Å². The van der Waals surface area contributed by atoms with Crippen LogP contribution in [0.25, 0.3) is 0 Å². The van der Waals surface area contributed by atoms with E-state index in [4.69, 9.17) is 0 Å². The first kappa shape index (κ1) is 13.9. The summed E-state index contributed by atoms with van der Waals surface area (Å²) in [7, 11) is 4.25. The third kappa shape index (κ3) is 6.39. The smallest absolute Gasteiger partial charge is 0.00788 e. The molecule has 0 heterocycles. The van der Waals surface area contributed by atoms with Crippen LogP contribution in [0.4, 0.5) is 0 Å². The zero-order valence-electron chi connectivity index (χ0n) is 11.0. The Morgan fingerprint density at radius 2 is 1.71 bits per heavy atom. The number of hydrogen-bond donors (Lipinski definition) is 1. The second-order valence-corrected chi connectivity index (χ2v) is 5.75. The van der Waals surface area contributed by atoms with Crippen LogP contribution >= 0.6 is 0 Å². The zero-order valence-corrected chi connectivity index (χ0v) is 11.0. The van der Waals surface area contributed by atoms with Crippen LogP contribution in [0, 0.1) is 5.41 Å². The summed E-state index contributed by atoms with van der Waals surface area (Å²) in [6, 6.07) is 1.25. The van der Waals surface area contributed by atoms with Crippen molar-refractivity contribution in [1.29, 1.82) is 0 Å². The third-order valence-electron chi connectivity index (χ3n) is 2.66. The van der Waals surface area contributed by atoms with Crippen LogP contribution in [0.5, 0.6) is 0 Å². The summed E-state index contributed by atoms with van der Waals surface area (Å²) >= 11 is 0. The number of hydrogen-bond acceptors (Lipinski definition) is 2. The van der Waals surface area contributed by atoms with Crippen molar-refractivity contribution in [3.63, 3.8) is 0 Å². The Kier molecular flexibility index (Phi) is 5.68. The second kappa shape index (κ2) is 5.72. The highest BCUT2D eigenvalue weighted by Gasteiger charge is 2.18. The SMILES string of the molecule is CNC(C)CC(C)N(C)CC(C)(C)C. The maximum atomic E-state index is 3.29. The Bertz CT molecular complexity index is 149. The highest BCUT2D eigenvalue weighted by Crippen LogP contribution is 2.17. The van der Waals surface area contributed by atoms with Gasteiger partial charge >= 0.3 is 0 Å². The van der Waals surface area contributed by atoms with Crippen LogP contribution in [0.15, 0.2) is 0 Å². The van der Waals surface area contributed by atoms with Gasteiger partial charge in [-0.15, -0.1) is 0 Å². The van der Waals surface area contributed by atoms with Gasteiger partial charge in [0.25, 0.3) is 0 Å². The predicted octanol–water partition coefficient (Wildman–Crippen LogP) is 2.35. The summed E-state index contributed by atoms with van der Waals surface area (Å²) in [6.07, 6.45) is 1.21. The molecule has 14 heavy (non-hydrogen) atoms. The van der Waals surface area contributed by atoms with Gasteiger partial charge in [0.2, 0.25) is 0 Å². The largest absolute Gasteiger partial charge is 0.317 e. The van der Waals surface area contributed by atoms with Crippen molar-refractivity contribution in [2.75, 3.05) is 20.6 Å². The molecule has 0 aliphatic carbocycles. The first-order chi connectivity index (χ1) is 6.26. The van der Waals surface area contributed by atoms with E-state index in [1.807, 2.05) is 7.05 Å². The molecule has 0 aromatic rings.